The lowest BCUT2D eigenvalue weighted by Crippen LogP contribution is -2.31. The average molecular weight is 210 g/mol. The second-order valence-electron chi connectivity index (χ2n) is 3.58. The molecule has 84 valence electrons. The van der Waals surface area contributed by atoms with Gasteiger partial charge in [-0.2, -0.15) is 0 Å². The van der Waals surface area contributed by atoms with Gasteiger partial charge in [-0.25, -0.2) is 4.39 Å². The van der Waals surface area contributed by atoms with Gasteiger partial charge in [0.25, 0.3) is 0 Å². The van der Waals surface area contributed by atoms with Gasteiger partial charge in [0, 0.05) is 19.6 Å². The predicted molar refractivity (Wildman–Crippen MR) is 62.6 cm³/mol. The zero-order valence-electron chi connectivity index (χ0n) is 9.25. The summed E-state index contributed by atoms with van der Waals surface area (Å²) < 4.78 is 13.5. The highest BCUT2D eigenvalue weighted by molar-refractivity contribution is 5.47. The first-order valence-corrected chi connectivity index (χ1v) is 5.49. The Balaban J connectivity index is 2.74. The lowest BCUT2D eigenvalue weighted by atomic mass is 10.2. The summed E-state index contributed by atoms with van der Waals surface area (Å²) in [5.74, 6) is -0.165. The van der Waals surface area contributed by atoms with Crippen LogP contribution in [0.2, 0.25) is 0 Å². The minimum Gasteiger partial charge on any atom is -0.368 e. The number of rotatable bonds is 6. The molecule has 15 heavy (non-hydrogen) atoms. The van der Waals surface area contributed by atoms with Crippen LogP contribution in [0.3, 0.4) is 0 Å². The fourth-order valence-corrected chi connectivity index (χ4v) is 1.57. The largest absolute Gasteiger partial charge is 0.368 e. The Hall–Kier alpha value is -1.09. The Morgan fingerprint density at radius 1 is 1.27 bits per heavy atom. The molecule has 0 heterocycles. The summed E-state index contributed by atoms with van der Waals surface area (Å²) in [6, 6.07) is 6.86. The van der Waals surface area contributed by atoms with E-state index >= 15 is 0 Å². The van der Waals surface area contributed by atoms with Crippen LogP contribution < -0.4 is 10.6 Å². The summed E-state index contributed by atoms with van der Waals surface area (Å²) >= 11 is 0. The molecule has 0 spiro atoms. The van der Waals surface area contributed by atoms with E-state index in [4.69, 9.17) is 5.73 Å². The molecule has 3 heteroatoms. The number of para-hydroxylation sites is 1. The molecular weight excluding hydrogens is 191 g/mol. The van der Waals surface area contributed by atoms with Gasteiger partial charge >= 0.3 is 0 Å². The smallest absolute Gasteiger partial charge is 0.146 e. The SMILES string of the molecule is CCCCN(CCN)c1ccccc1F. The van der Waals surface area contributed by atoms with E-state index in [0.29, 0.717) is 18.8 Å². The van der Waals surface area contributed by atoms with E-state index in [9.17, 15) is 4.39 Å². The van der Waals surface area contributed by atoms with Gasteiger partial charge in [-0.1, -0.05) is 25.5 Å². The average Bonchev–Trinajstić information content (AvgIpc) is 2.25. The molecule has 1 aromatic rings. The van der Waals surface area contributed by atoms with Crippen molar-refractivity contribution in [3.63, 3.8) is 0 Å². The summed E-state index contributed by atoms with van der Waals surface area (Å²) in [5.41, 5.74) is 6.19. The number of halogens is 1. The second-order valence-corrected chi connectivity index (χ2v) is 3.58. The van der Waals surface area contributed by atoms with Crippen molar-refractivity contribution >= 4 is 5.69 Å². The fourth-order valence-electron chi connectivity index (χ4n) is 1.57. The van der Waals surface area contributed by atoms with Crippen LogP contribution in [-0.2, 0) is 0 Å². The Labute approximate surface area is 90.9 Å². The van der Waals surface area contributed by atoms with E-state index < -0.39 is 0 Å². The first-order valence-electron chi connectivity index (χ1n) is 5.49. The molecule has 1 aromatic carbocycles. The van der Waals surface area contributed by atoms with Gasteiger partial charge in [0.2, 0.25) is 0 Å². The van der Waals surface area contributed by atoms with E-state index in [2.05, 4.69) is 6.92 Å². The zero-order valence-corrected chi connectivity index (χ0v) is 9.25. The minimum absolute atomic E-state index is 0.165. The fraction of sp³-hybridized carbons (Fsp3) is 0.500. The molecule has 0 fully saturated rings. The number of nitrogens with zero attached hydrogens (tertiary/aromatic N) is 1. The van der Waals surface area contributed by atoms with E-state index in [-0.39, 0.29) is 5.82 Å². The highest BCUT2D eigenvalue weighted by atomic mass is 19.1. The van der Waals surface area contributed by atoms with Crippen molar-refractivity contribution in [2.45, 2.75) is 19.8 Å². The number of unbranched alkanes of at least 4 members (excludes halogenated alkanes) is 1. The van der Waals surface area contributed by atoms with Crippen LogP contribution in [0.25, 0.3) is 0 Å². The summed E-state index contributed by atoms with van der Waals surface area (Å²) in [5, 5.41) is 0. The number of anilines is 1. The molecule has 0 aliphatic heterocycles. The third-order valence-corrected chi connectivity index (χ3v) is 2.37. The zero-order chi connectivity index (χ0) is 11.1. The molecule has 0 saturated carbocycles. The monoisotopic (exact) mass is 210 g/mol. The Kier molecular flexibility index (Phi) is 5.12. The van der Waals surface area contributed by atoms with Gasteiger partial charge in [-0.05, 0) is 18.6 Å². The molecule has 0 atom stereocenters. The van der Waals surface area contributed by atoms with E-state index in [1.54, 1.807) is 12.1 Å². The van der Waals surface area contributed by atoms with Crippen molar-refractivity contribution < 1.29 is 4.39 Å². The summed E-state index contributed by atoms with van der Waals surface area (Å²) in [6.07, 6.45) is 2.17. The molecule has 0 saturated heterocycles. The van der Waals surface area contributed by atoms with E-state index in [1.165, 1.54) is 6.07 Å². The van der Waals surface area contributed by atoms with Crippen molar-refractivity contribution in [3.05, 3.63) is 30.1 Å². The third-order valence-electron chi connectivity index (χ3n) is 2.37. The predicted octanol–water partition coefficient (Wildman–Crippen LogP) is 2.39. The first kappa shape index (κ1) is 12.0. The van der Waals surface area contributed by atoms with Crippen LogP contribution >= 0.6 is 0 Å². The van der Waals surface area contributed by atoms with Crippen molar-refractivity contribution in [3.8, 4) is 0 Å². The number of nitrogens with two attached hydrogens (primary N) is 1. The number of hydrogen-bond acceptors (Lipinski definition) is 2. The molecule has 0 radical (unpaired) electrons. The topological polar surface area (TPSA) is 29.3 Å². The lowest BCUT2D eigenvalue weighted by Gasteiger charge is -2.24. The molecule has 0 aromatic heterocycles. The summed E-state index contributed by atoms with van der Waals surface area (Å²) in [4.78, 5) is 2.01. The quantitative estimate of drug-likeness (QED) is 0.781. The maximum atomic E-state index is 13.5. The van der Waals surface area contributed by atoms with Crippen LogP contribution in [0.1, 0.15) is 19.8 Å². The van der Waals surface area contributed by atoms with Crippen LogP contribution in [0, 0.1) is 5.82 Å². The van der Waals surface area contributed by atoms with Gasteiger partial charge < -0.3 is 10.6 Å². The third kappa shape index (κ3) is 3.51. The standard InChI is InChI=1S/C12H19FN2/c1-2-3-9-15(10-8-14)12-7-5-4-6-11(12)13/h4-7H,2-3,8-10,14H2,1H3. The second kappa shape index (κ2) is 6.40. The number of hydrogen-bond donors (Lipinski definition) is 1. The first-order chi connectivity index (χ1) is 7.29. The molecule has 1 rings (SSSR count). The van der Waals surface area contributed by atoms with Crippen molar-refractivity contribution in [2.24, 2.45) is 5.73 Å². The molecule has 0 amide bonds. The lowest BCUT2D eigenvalue weighted by molar-refractivity contribution is 0.611. The van der Waals surface area contributed by atoms with Crippen LogP contribution in [0.5, 0.6) is 0 Å². The normalized spacial score (nSPS) is 10.3. The van der Waals surface area contributed by atoms with E-state index in [1.807, 2.05) is 11.0 Å². The van der Waals surface area contributed by atoms with Crippen molar-refractivity contribution in [1.29, 1.82) is 0 Å². The van der Waals surface area contributed by atoms with Gasteiger partial charge in [0.1, 0.15) is 5.82 Å². The molecule has 0 bridgehead atoms. The maximum absolute atomic E-state index is 13.5. The summed E-state index contributed by atoms with van der Waals surface area (Å²) in [7, 11) is 0. The molecule has 0 aliphatic carbocycles. The molecule has 2 nitrogen and oxygen atoms in total. The minimum atomic E-state index is -0.165. The Bertz CT molecular complexity index is 289. The highest BCUT2D eigenvalue weighted by Crippen LogP contribution is 2.18. The van der Waals surface area contributed by atoms with Gasteiger partial charge in [-0.3, -0.25) is 0 Å². The van der Waals surface area contributed by atoms with Crippen LogP contribution in [0.15, 0.2) is 24.3 Å². The Morgan fingerprint density at radius 2 is 2.00 bits per heavy atom. The van der Waals surface area contributed by atoms with Gasteiger partial charge in [0.15, 0.2) is 0 Å². The molecule has 2 N–H and O–H groups in total. The summed E-state index contributed by atoms with van der Waals surface area (Å²) in [6.45, 7) is 4.26. The number of benzene rings is 1. The Morgan fingerprint density at radius 3 is 2.60 bits per heavy atom. The van der Waals surface area contributed by atoms with Gasteiger partial charge in [0.05, 0.1) is 5.69 Å². The molecular formula is C12H19FN2. The molecule has 0 aliphatic rings. The van der Waals surface area contributed by atoms with E-state index in [0.717, 1.165) is 19.4 Å². The van der Waals surface area contributed by atoms with Gasteiger partial charge in [-0.15, -0.1) is 0 Å². The van der Waals surface area contributed by atoms with Crippen molar-refractivity contribution in [2.75, 3.05) is 24.5 Å². The van der Waals surface area contributed by atoms with Crippen LogP contribution in [-0.4, -0.2) is 19.6 Å². The highest BCUT2D eigenvalue weighted by Gasteiger charge is 2.08. The van der Waals surface area contributed by atoms with Crippen LogP contribution in [0.4, 0.5) is 10.1 Å². The molecule has 0 unspecified atom stereocenters. The maximum Gasteiger partial charge on any atom is 0.146 e. The van der Waals surface area contributed by atoms with Crippen molar-refractivity contribution in [1.82, 2.24) is 0 Å².